The van der Waals surface area contributed by atoms with Gasteiger partial charge in [0.2, 0.25) is 5.75 Å². The van der Waals surface area contributed by atoms with Gasteiger partial charge in [-0.05, 0) is 37.0 Å². The van der Waals surface area contributed by atoms with Crippen LogP contribution in [-0.2, 0) is 5.33 Å². The largest absolute Gasteiger partial charge is 0.490 e. The quantitative estimate of drug-likeness (QED) is 0.0598. The van der Waals surface area contributed by atoms with E-state index in [0.717, 1.165) is 61.7 Å². The Morgan fingerprint density at radius 2 is 0.707 bits per heavy atom. The zero-order chi connectivity index (χ0) is 29.6. The normalized spacial score (nSPS) is 11.2. The monoisotopic (exact) mass is 638 g/mol. The van der Waals surface area contributed by atoms with Crippen LogP contribution in [0.1, 0.15) is 180 Å². The van der Waals surface area contributed by atoms with Crippen LogP contribution in [0.15, 0.2) is 12.1 Å². The maximum atomic E-state index is 6.41. The fraction of sp³-hybridized carbons (Fsp3) is 0.838. The Balaban J connectivity index is 2.60. The lowest BCUT2D eigenvalue weighted by Gasteiger charge is -2.18. The van der Waals surface area contributed by atoms with Crippen LogP contribution in [0, 0.1) is 0 Å². The van der Waals surface area contributed by atoms with E-state index in [0.29, 0.717) is 0 Å². The molecule has 1 aromatic rings. The molecule has 0 unspecified atom stereocenters. The lowest BCUT2D eigenvalue weighted by Crippen LogP contribution is -2.07. The molecule has 0 N–H and O–H groups in total. The van der Waals surface area contributed by atoms with Gasteiger partial charge in [0.1, 0.15) is 0 Å². The van der Waals surface area contributed by atoms with Gasteiger partial charge in [-0.15, -0.1) is 0 Å². The third kappa shape index (κ3) is 21.4. The zero-order valence-corrected chi connectivity index (χ0v) is 29.1. The van der Waals surface area contributed by atoms with Crippen LogP contribution in [0.25, 0.3) is 0 Å². The van der Waals surface area contributed by atoms with Crippen molar-refractivity contribution in [3.05, 3.63) is 17.7 Å². The number of halogens is 1. The molecular formula is C37H67BrO3. The van der Waals surface area contributed by atoms with Gasteiger partial charge < -0.3 is 14.2 Å². The summed E-state index contributed by atoms with van der Waals surface area (Å²) in [6.45, 7) is 9.05. The Kier molecular flexibility index (Phi) is 27.1. The summed E-state index contributed by atoms with van der Waals surface area (Å²) < 4.78 is 19.1. The first kappa shape index (κ1) is 38.1. The van der Waals surface area contributed by atoms with Crippen molar-refractivity contribution in [1.29, 1.82) is 0 Å². The number of hydrogen-bond acceptors (Lipinski definition) is 3. The zero-order valence-electron chi connectivity index (χ0n) is 27.6. The first-order valence-electron chi connectivity index (χ1n) is 17.9. The molecule has 0 aromatic heterocycles. The molecule has 1 rings (SSSR count). The molecule has 0 atom stereocenters. The van der Waals surface area contributed by atoms with E-state index in [1.807, 2.05) is 0 Å². The summed E-state index contributed by atoms with van der Waals surface area (Å²) in [6, 6.07) is 4.29. The summed E-state index contributed by atoms with van der Waals surface area (Å²) in [6.07, 6.45) is 31.3. The highest BCUT2D eigenvalue weighted by Crippen LogP contribution is 2.40. The minimum absolute atomic E-state index is 0.727. The molecule has 41 heavy (non-hydrogen) atoms. The molecule has 0 aliphatic rings. The molecule has 4 heteroatoms. The number of benzene rings is 1. The predicted octanol–water partition coefficient (Wildman–Crippen LogP) is 13.1. The summed E-state index contributed by atoms with van der Waals surface area (Å²) in [7, 11) is 0. The molecule has 1 aromatic carbocycles. The standard InChI is InChI=1S/C37H67BrO3/c1-4-7-10-13-16-19-22-25-28-39-35-31-34(33-38)32-36(40-29-26-23-20-17-14-11-8-5-2)37(35)41-30-27-24-21-18-15-12-9-6-3/h31-32H,4-30,33H2,1-3H3. The van der Waals surface area contributed by atoms with E-state index in [4.69, 9.17) is 14.2 Å². The molecule has 0 saturated heterocycles. The maximum Gasteiger partial charge on any atom is 0.203 e. The molecule has 3 nitrogen and oxygen atoms in total. The summed E-state index contributed by atoms with van der Waals surface area (Å²) in [4.78, 5) is 0. The van der Waals surface area contributed by atoms with Gasteiger partial charge in [-0.3, -0.25) is 0 Å². The molecule has 0 spiro atoms. The smallest absolute Gasteiger partial charge is 0.203 e. The predicted molar refractivity (Wildman–Crippen MR) is 183 cm³/mol. The van der Waals surface area contributed by atoms with Crippen molar-refractivity contribution < 1.29 is 14.2 Å². The van der Waals surface area contributed by atoms with Gasteiger partial charge >= 0.3 is 0 Å². The van der Waals surface area contributed by atoms with Crippen LogP contribution in [-0.4, -0.2) is 19.8 Å². The highest BCUT2D eigenvalue weighted by molar-refractivity contribution is 9.08. The minimum Gasteiger partial charge on any atom is -0.490 e. The molecule has 0 amide bonds. The molecule has 0 radical (unpaired) electrons. The second-order valence-electron chi connectivity index (χ2n) is 12.0. The summed E-state index contributed by atoms with van der Waals surface area (Å²) in [5.74, 6) is 2.53. The van der Waals surface area contributed by atoms with Crippen molar-refractivity contribution in [2.24, 2.45) is 0 Å². The van der Waals surface area contributed by atoms with Crippen LogP contribution in [0.2, 0.25) is 0 Å². The average Bonchev–Trinajstić information content (AvgIpc) is 2.99. The van der Waals surface area contributed by atoms with Crippen molar-refractivity contribution >= 4 is 15.9 Å². The molecule has 0 heterocycles. The Morgan fingerprint density at radius 3 is 1.02 bits per heavy atom. The van der Waals surface area contributed by atoms with Crippen molar-refractivity contribution in [2.45, 2.75) is 180 Å². The Hall–Kier alpha value is -0.900. The second-order valence-corrected chi connectivity index (χ2v) is 12.6. The van der Waals surface area contributed by atoms with E-state index in [1.165, 1.54) is 140 Å². The Bertz CT molecular complexity index is 650. The van der Waals surface area contributed by atoms with Crippen molar-refractivity contribution in [3.8, 4) is 17.2 Å². The molecule has 0 fully saturated rings. The highest BCUT2D eigenvalue weighted by Gasteiger charge is 2.16. The third-order valence-corrected chi connectivity index (χ3v) is 8.64. The van der Waals surface area contributed by atoms with E-state index >= 15 is 0 Å². The molecule has 0 bridgehead atoms. The molecule has 0 aliphatic carbocycles. The van der Waals surface area contributed by atoms with Crippen LogP contribution >= 0.6 is 15.9 Å². The average molecular weight is 640 g/mol. The molecule has 0 aliphatic heterocycles. The lowest BCUT2D eigenvalue weighted by atomic mass is 10.1. The number of hydrogen-bond donors (Lipinski definition) is 0. The van der Waals surface area contributed by atoms with Gasteiger partial charge in [0.05, 0.1) is 19.8 Å². The fourth-order valence-electron chi connectivity index (χ4n) is 5.31. The minimum atomic E-state index is 0.727. The van der Waals surface area contributed by atoms with E-state index in [9.17, 15) is 0 Å². The lowest BCUT2D eigenvalue weighted by molar-refractivity contribution is 0.234. The van der Waals surface area contributed by atoms with Crippen LogP contribution in [0.4, 0.5) is 0 Å². The Labute approximate surface area is 264 Å². The second kappa shape index (κ2) is 29.2. The number of unbranched alkanes of at least 4 members (excludes halogenated alkanes) is 21. The van der Waals surface area contributed by atoms with Gasteiger partial charge in [-0.1, -0.05) is 172 Å². The number of alkyl halides is 1. The highest BCUT2D eigenvalue weighted by atomic mass is 79.9. The first-order chi connectivity index (χ1) is 20.3. The van der Waals surface area contributed by atoms with Gasteiger partial charge in [0.15, 0.2) is 11.5 Å². The SMILES string of the molecule is CCCCCCCCCCOc1cc(CBr)cc(OCCCCCCCCCC)c1OCCCCCCCCCC. The van der Waals surface area contributed by atoms with Gasteiger partial charge in [0.25, 0.3) is 0 Å². The fourth-order valence-corrected chi connectivity index (χ4v) is 5.63. The van der Waals surface area contributed by atoms with Crippen LogP contribution in [0.5, 0.6) is 17.2 Å². The van der Waals surface area contributed by atoms with Crippen molar-refractivity contribution in [3.63, 3.8) is 0 Å². The topological polar surface area (TPSA) is 27.7 Å². The third-order valence-electron chi connectivity index (χ3n) is 7.99. The number of rotatable bonds is 31. The van der Waals surface area contributed by atoms with Crippen LogP contribution < -0.4 is 14.2 Å². The van der Waals surface area contributed by atoms with E-state index in [-0.39, 0.29) is 0 Å². The van der Waals surface area contributed by atoms with Crippen molar-refractivity contribution in [1.82, 2.24) is 0 Å². The van der Waals surface area contributed by atoms with Gasteiger partial charge in [0, 0.05) is 5.33 Å². The van der Waals surface area contributed by atoms with Crippen LogP contribution in [0.3, 0.4) is 0 Å². The molecular weight excluding hydrogens is 572 g/mol. The van der Waals surface area contributed by atoms with Gasteiger partial charge in [-0.2, -0.15) is 0 Å². The Morgan fingerprint density at radius 1 is 0.415 bits per heavy atom. The molecule has 0 saturated carbocycles. The number of ether oxygens (including phenoxy) is 3. The van der Waals surface area contributed by atoms with E-state index < -0.39 is 0 Å². The summed E-state index contributed by atoms with van der Waals surface area (Å²) >= 11 is 3.66. The first-order valence-corrected chi connectivity index (χ1v) is 19.0. The van der Waals surface area contributed by atoms with E-state index in [2.05, 4.69) is 48.8 Å². The summed E-state index contributed by atoms with van der Waals surface area (Å²) in [5, 5.41) is 0.785. The van der Waals surface area contributed by atoms with Gasteiger partial charge in [-0.25, -0.2) is 0 Å². The van der Waals surface area contributed by atoms with E-state index in [1.54, 1.807) is 0 Å². The van der Waals surface area contributed by atoms with Crippen molar-refractivity contribution in [2.75, 3.05) is 19.8 Å². The molecule has 240 valence electrons. The maximum absolute atomic E-state index is 6.41. The summed E-state index contributed by atoms with van der Waals surface area (Å²) in [5.41, 5.74) is 1.18.